The lowest BCUT2D eigenvalue weighted by Gasteiger charge is -2.00. The van der Waals surface area contributed by atoms with E-state index in [4.69, 9.17) is 4.74 Å². The van der Waals surface area contributed by atoms with E-state index < -0.39 is 5.97 Å². The molecule has 20 heavy (non-hydrogen) atoms. The summed E-state index contributed by atoms with van der Waals surface area (Å²) in [5, 5.41) is 4.92. The zero-order chi connectivity index (χ0) is 14.3. The van der Waals surface area contributed by atoms with Crippen LogP contribution in [0.15, 0.2) is 29.1 Å². The molecule has 3 aromatic rings. The second kappa shape index (κ2) is 4.48. The minimum Gasteiger partial charge on any atom is -0.461 e. The van der Waals surface area contributed by atoms with Gasteiger partial charge in [-0.25, -0.2) is 9.59 Å². The first-order valence-corrected chi connectivity index (χ1v) is 6.31. The molecule has 0 spiro atoms. The number of carbonyl (C=O) groups is 1. The molecule has 0 bridgehead atoms. The second-order valence-corrected chi connectivity index (χ2v) is 4.43. The summed E-state index contributed by atoms with van der Waals surface area (Å²) < 4.78 is 6.18. The maximum atomic E-state index is 12.0. The van der Waals surface area contributed by atoms with Gasteiger partial charge in [0.1, 0.15) is 0 Å². The van der Waals surface area contributed by atoms with Crippen LogP contribution in [0.4, 0.5) is 0 Å². The number of esters is 1. The van der Waals surface area contributed by atoms with Gasteiger partial charge in [0, 0.05) is 10.9 Å². The van der Waals surface area contributed by atoms with E-state index >= 15 is 0 Å². The van der Waals surface area contributed by atoms with E-state index in [1.54, 1.807) is 13.8 Å². The lowest BCUT2D eigenvalue weighted by atomic mass is 10.1. The van der Waals surface area contributed by atoms with Crippen LogP contribution in [0, 0.1) is 6.92 Å². The van der Waals surface area contributed by atoms with E-state index in [0.29, 0.717) is 16.6 Å². The molecular formula is C14H13N3O3. The van der Waals surface area contributed by atoms with Crippen LogP contribution in [0.5, 0.6) is 0 Å². The van der Waals surface area contributed by atoms with Crippen molar-refractivity contribution >= 4 is 22.4 Å². The number of aromatic nitrogens is 3. The van der Waals surface area contributed by atoms with Gasteiger partial charge in [-0.05, 0) is 19.9 Å². The van der Waals surface area contributed by atoms with E-state index in [1.165, 1.54) is 4.52 Å². The Bertz CT molecular complexity index is 876. The molecule has 0 fully saturated rings. The van der Waals surface area contributed by atoms with Crippen LogP contribution in [-0.2, 0) is 4.74 Å². The normalized spacial score (nSPS) is 11.1. The molecule has 1 N–H and O–H groups in total. The van der Waals surface area contributed by atoms with E-state index in [0.717, 1.165) is 5.39 Å². The maximum Gasteiger partial charge on any atom is 0.359 e. The first kappa shape index (κ1) is 12.4. The number of aromatic amines is 1. The number of hydrogen-bond donors (Lipinski definition) is 1. The number of hydrogen-bond acceptors (Lipinski definition) is 4. The molecule has 0 saturated heterocycles. The van der Waals surface area contributed by atoms with Gasteiger partial charge in [-0.15, -0.1) is 0 Å². The molecule has 0 atom stereocenters. The monoisotopic (exact) mass is 271 g/mol. The molecule has 0 saturated carbocycles. The summed E-state index contributed by atoms with van der Waals surface area (Å²) in [6, 6.07) is 7.40. The first-order valence-electron chi connectivity index (χ1n) is 6.31. The van der Waals surface area contributed by atoms with Crippen LogP contribution < -0.4 is 5.69 Å². The Morgan fingerprint density at radius 2 is 2.15 bits per heavy atom. The molecule has 0 radical (unpaired) electrons. The highest BCUT2D eigenvalue weighted by atomic mass is 16.5. The second-order valence-electron chi connectivity index (χ2n) is 4.43. The van der Waals surface area contributed by atoms with Gasteiger partial charge in [0.25, 0.3) is 0 Å². The van der Waals surface area contributed by atoms with Crippen molar-refractivity contribution in [3.8, 4) is 0 Å². The van der Waals surface area contributed by atoms with Crippen molar-refractivity contribution in [2.24, 2.45) is 0 Å². The fourth-order valence-corrected chi connectivity index (χ4v) is 2.32. The van der Waals surface area contributed by atoms with Gasteiger partial charge in [-0.3, -0.25) is 0 Å². The van der Waals surface area contributed by atoms with E-state index in [-0.39, 0.29) is 18.0 Å². The number of rotatable bonds is 2. The van der Waals surface area contributed by atoms with Crippen LogP contribution in [0.25, 0.3) is 16.4 Å². The van der Waals surface area contributed by atoms with E-state index in [9.17, 15) is 9.59 Å². The molecule has 3 rings (SSSR count). The molecule has 0 aliphatic heterocycles. The third-order valence-electron chi connectivity index (χ3n) is 3.21. The average Bonchev–Trinajstić information content (AvgIpc) is 2.78. The summed E-state index contributed by atoms with van der Waals surface area (Å²) in [6.07, 6.45) is 0. The minimum atomic E-state index is -0.516. The Morgan fingerprint density at radius 3 is 2.90 bits per heavy atom. The van der Waals surface area contributed by atoms with Crippen LogP contribution in [-0.4, -0.2) is 27.2 Å². The number of para-hydroxylation sites is 1. The molecule has 6 nitrogen and oxygen atoms in total. The largest absolute Gasteiger partial charge is 0.461 e. The fourth-order valence-electron chi connectivity index (χ4n) is 2.32. The Balaban J connectivity index is 2.42. The van der Waals surface area contributed by atoms with Crippen molar-refractivity contribution in [3.63, 3.8) is 0 Å². The van der Waals surface area contributed by atoms with Crippen molar-refractivity contribution in [2.45, 2.75) is 13.8 Å². The van der Waals surface area contributed by atoms with Crippen molar-refractivity contribution in [1.29, 1.82) is 0 Å². The Kier molecular flexibility index (Phi) is 2.78. The van der Waals surface area contributed by atoms with Crippen molar-refractivity contribution in [1.82, 2.24) is 14.6 Å². The van der Waals surface area contributed by atoms with Gasteiger partial charge in [0.05, 0.1) is 17.6 Å². The Labute approximate surface area is 114 Å². The molecule has 2 aromatic heterocycles. The number of fused-ring (bicyclic) bond motifs is 3. The summed E-state index contributed by atoms with van der Waals surface area (Å²) in [7, 11) is 0. The third-order valence-corrected chi connectivity index (χ3v) is 3.21. The third kappa shape index (κ3) is 1.69. The highest BCUT2D eigenvalue weighted by molar-refractivity contribution is 5.99. The highest BCUT2D eigenvalue weighted by Crippen LogP contribution is 2.22. The first-order chi connectivity index (χ1) is 9.63. The molecular weight excluding hydrogens is 258 g/mol. The molecule has 6 heteroatoms. The van der Waals surface area contributed by atoms with Gasteiger partial charge in [0.15, 0.2) is 5.69 Å². The number of nitrogens with zero attached hydrogens (tertiary/aromatic N) is 2. The quantitative estimate of drug-likeness (QED) is 0.719. The minimum absolute atomic E-state index is 0.175. The lowest BCUT2D eigenvalue weighted by molar-refractivity contribution is 0.0518. The summed E-state index contributed by atoms with van der Waals surface area (Å²) in [4.78, 5) is 26.6. The number of aryl methyl sites for hydroxylation is 1. The predicted octanol–water partition coefficient (Wildman–Crippen LogP) is 1.66. The van der Waals surface area contributed by atoms with E-state index in [2.05, 4.69) is 10.1 Å². The Morgan fingerprint density at radius 1 is 1.40 bits per heavy atom. The van der Waals surface area contributed by atoms with Crippen molar-refractivity contribution in [3.05, 3.63) is 46.0 Å². The SMILES string of the molecule is CCOC(=O)c1nn2c(=O)[nH]c3ccccc3c2c1C. The van der Waals surface area contributed by atoms with Crippen LogP contribution in [0.1, 0.15) is 23.0 Å². The zero-order valence-electron chi connectivity index (χ0n) is 11.1. The van der Waals surface area contributed by atoms with Gasteiger partial charge in [-0.2, -0.15) is 9.61 Å². The molecule has 102 valence electrons. The predicted molar refractivity (Wildman–Crippen MR) is 74.0 cm³/mol. The number of carbonyl (C=O) groups excluding carboxylic acids is 1. The summed E-state index contributed by atoms with van der Waals surface area (Å²) >= 11 is 0. The fraction of sp³-hybridized carbons (Fsp3) is 0.214. The smallest absolute Gasteiger partial charge is 0.359 e. The van der Waals surface area contributed by atoms with E-state index in [1.807, 2.05) is 24.3 Å². The highest BCUT2D eigenvalue weighted by Gasteiger charge is 2.20. The molecule has 0 aliphatic carbocycles. The lowest BCUT2D eigenvalue weighted by Crippen LogP contribution is -2.18. The van der Waals surface area contributed by atoms with Crippen LogP contribution in [0.3, 0.4) is 0 Å². The summed E-state index contributed by atoms with van der Waals surface area (Å²) in [6.45, 7) is 3.76. The number of ether oxygens (including phenoxy) is 1. The maximum absolute atomic E-state index is 12.0. The standard InChI is InChI=1S/C14H13N3O3/c1-3-20-13(18)11-8(2)12-9-6-4-5-7-10(9)15-14(19)17(12)16-11/h4-7H,3H2,1-2H3,(H,15,19). The van der Waals surface area contributed by atoms with Gasteiger partial charge >= 0.3 is 11.7 Å². The summed E-state index contributed by atoms with van der Waals surface area (Å²) in [5.41, 5.74) is 1.78. The topological polar surface area (TPSA) is 76.5 Å². The molecule has 2 heterocycles. The summed E-state index contributed by atoms with van der Waals surface area (Å²) in [5.74, 6) is -0.516. The average molecular weight is 271 g/mol. The molecule has 0 amide bonds. The van der Waals surface area contributed by atoms with Crippen LogP contribution in [0.2, 0.25) is 0 Å². The van der Waals surface area contributed by atoms with Crippen LogP contribution >= 0.6 is 0 Å². The van der Waals surface area contributed by atoms with Gasteiger partial charge < -0.3 is 9.72 Å². The van der Waals surface area contributed by atoms with Gasteiger partial charge in [0.2, 0.25) is 0 Å². The molecule has 0 unspecified atom stereocenters. The van der Waals surface area contributed by atoms with Crippen molar-refractivity contribution in [2.75, 3.05) is 6.61 Å². The molecule has 0 aliphatic rings. The number of nitrogens with one attached hydrogen (secondary N) is 1. The van der Waals surface area contributed by atoms with Gasteiger partial charge in [-0.1, -0.05) is 18.2 Å². The number of H-pyrrole nitrogens is 1. The Hall–Kier alpha value is -2.63. The number of benzene rings is 1. The molecule has 1 aromatic carbocycles. The zero-order valence-corrected chi connectivity index (χ0v) is 11.1. The van der Waals surface area contributed by atoms with Crippen molar-refractivity contribution < 1.29 is 9.53 Å².